The first-order chi connectivity index (χ1) is 23.0. The van der Waals surface area contributed by atoms with Gasteiger partial charge in [-0.2, -0.15) is 0 Å². The van der Waals surface area contributed by atoms with Gasteiger partial charge < -0.3 is 18.9 Å². The first-order valence-electron chi connectivity index (χ1n) is 16.6. The zero-order chi connectivity index (χ0) is 32.9. The van der Waals surface area contributed by atoms with Crippen LogP contribution in [0.15, 0.2) is 48.5 Å². The third-order valence-electron chi connectivity index (χ3n) is 10.4. The quantitative estimate of drug-likeness (QED) is 0.206. The molecule has 0 amide bonds. The predicted molar refractivity (Wildman–Crippen MR) is 193 cm³/mol. The van der Waals surface area contributed by atoms with E-state index < -0.39 is 0 Å². The highest BCUT2D eigenvalue weighted by molar-refractivity contribution is 6.99. The fourth-order valence-electron chi connectivity index (χ4n) is 8.79. The van der Waals surface area contributed by atoms with Gasteiger partial charge in [-0.15, -0.1) is 0 Å². The second-order valence-corrected chi connectivity index (χ2v) is 14.3. The Morgan fingerprint density at radius 2 is 0.667 bits per heavy atom. The third-order valence-corrected chi connectivity index (χ3v) is 10.4. The van der Waals surface area contributed by atoms with Gasteiger partial charge in [-0.1, -0.05) is 70.8 Å². The summed E-state index contributed by atoms with van der Waals surface area (Å²) in [5, 5.41) is 0. The number of hydrogen-bond donors (Lipinski definition) is 0. The molecule has 0 bridgehead atoms. The number of fused-ring (bicyclic) bond motifs is 11. The van der Waals surface area contributed by atoms with Crippen molar-refractivity contribution in [3.05, 3.63) is 93.0 Å². The summed E-state index contributed by atoms with van der Waals surface area (Å²) in [7, 11) is 0. The van der Waals surface area contributed by atoms with E-state index in [2.05, 4.69) is 104 Å². The van der Waals surface area contributed by atoms with Crippen LogP contribution in [0.4, 0.5) is 0 Å². The van der Waals surface area contributed by atoms with Crippen molar-refractivity contribution in [3.63, 3.8) is 0 Å². The summed E-state index contributed by atoms with van der Waals surface area (Å²) in [6.45, 7) is 16.7. The Labute approximate surface area is 280 Å². The Balaban J connectivity index is 1.33. The van der Waals surface area contributed by atoms with Crippen LogP contribution in [-0.2, 0) is 0 Å². The molecule has 2 aromatic heterocycles. The van der Waals surface area contributed by atoms with E-state index in [9.17, 15) is 0 Å². The molecule has 0 unspecified atom stereocenters. The van der Waals surface area contributed by atoms with E-state index in [-0.39, 0.29) is 13.4 Å². The van der Waals surface area contributed by atoms with Crippen molar-refractivity contribution in [1.82, 2.24) is 9.97 Å². The predicted octanol–water partition coefficient (Wildman–Crippen LogP) is 5.55. The molecule has 0 saturated heterocycles. The minimum Gasteiger partial charge on any atom is -0.456 e. The Hall–Kier alpha value is -5.23. The first-order valence-corrected chi connectivity index (χ1v) is 16.6. The van der Waals surface area contributed by atoms with Gasteiger partial charge in [0.1, 0.15) is 34.0 Å². The molecule has 0 N–H and O–H groups in total. The van der Waals surface area contributed by atoms with Gasteiger partial charge in [-0.3, -0.25) is 0 Å². The lowest BCUT2D eigenvalue weighted by Crippen LogP contribution is -2.59. The van der Waals surface area contributed by atoms with Gasteiger partial charge in [0.25, 0.3) is 13.4 Å². The van der Waals surface area contributed by atoms with E-state index in [1.54, 1.807) is 0 Å². The van der Waals surface area contributed by atoms with Gasteiger partial charge in [-0.25, -0.2) is 9.97 Å². The normalized spacial score (nSPS) is 14.0. The van der Waals surface area contributed by atoms with Gasteiger partial charge in [0.2, 0.25) is 11.8 Å². The largest absolute Gasteiger partial charge is 0.456 e. The summed E-state index contributed by atoms with van der Waals surface area (Å²) < 4.78 is 27.5. The zero-order valence-corrected chi connectivity index (χ0v) is 28.3. The van der Waals surface area contributed by atoms with E-state index in [1.807, 2.05) is 0 Å². The summed E-state index contributed by atoms with van der Waals surface area (Å²) in [4.78, 5) is 10.6. The molecule has 6 aromatic rings. The molecule has 4 aliphatic heterocycles. The molecule has 8 heteroatoms. The maximum absolute atomic E-state index is 6.96. The molecule has 4 aromatic carbocycles. The van der Waals surface area contributed by atoms with Crippen molar-refractivity contribution >= 4 is 57.2 Å². The van der Waals surface area contributed by atoms with Gasteiger partial charge in [-0.05, 0) is 99.5 Å². The third kappa shape index (κ3) is 3.55. The van der Waals surface area contributed by atoms with Gasteiger partial charge in [0.05, 0.1) is 0 Å². The van der Waals surface area contributed by atoms with Crippen molar-refractivity contribution in [2.75, 3.05) is 0 Å². The SMILES string of the molecule is Cc1cc(C)c2c(c1)B1c3cc(C)cc(C)c3Oc3c1c(nc1c4c5c(nc31)Oc1c(C)cc(C)cc1B5c1cc(C)cc(C)c1O4)O2. The number of ether oxygens (including phenoxy) is 4. The number of pyridine rings is 2. The highest BCUT2D eigenvalue weighted by Gasteiger charge is 2.47. The molecule has 0 fully saturated rings. The summed E-state index contributed by atoms with van der Waals surface area (Å²) in [6.07, 6.45) is 0. The monoisotopic (exact) mass is 626 g/mol. The van der Waals surface area contributed by atoms with Crippen molar-refractivity contribution in [3.8, 4) is 46.3 Å². The maximum Gasteiger partial charge on any atom is 0.263 e. The van der Waals surface area contributed by atoms with E-state index in [0.29, 0.717) is 34.3 Å². The number of aryl methyl sites for hydroxylation is 8. The van der Waals surface area contributed by atoms with Crippen molar-refractivity contribution in [1.29, 1.82) is 0 Å². The fourth-order valence-corrected chi connectivity index (χ4v) is 8.79. The van der Waals surface area contributed by atoms with Gasteiger partial charge in [0, 0.05) is 10.9 Å². The molecule has 6 heterocycles. The van der Waals surface area contributed by atoms with Crippen LogP contribution in [-0.4, -0.2) is 23.4 Å². The second kappa shape index (κ2) is 9.22. The summed E-state index contributed by atoms with van der Waals surface area (Å²) >= 11 is 0. The lowest BCUT2D eigenvalue weighted by molar-refractivity contribution is 0.439. The molecule has 0 saturated carbocycles. The number of rotatable bonds is 0. The fraction of sp³-hybridized carbons (Fsp3) is 0.200. The molecular weight excluding hydrogens is 594 g/mol. The van der Waals surface area contributed by atoms with E-state index >= 15 is 0 Å². The Morgan fingerprint density at radius 3 is 0.979 bits per heavy atom. The van der Waals surface area contributed by atoms with E-state index in [0.717, 1.165) is 78.0 Å². The Kier molecular flexibility index (Phi) is 5.35. The summed E-state index contributed by atoms with van der Waals surface area (Å²) in [5.74, 6) is 5.74. The molecular formula is C40H32B2N2O4. The topological polar surface area (TPSA) is 62.7 Å². The lowest BCUT2D eigenvalue weighted by Gasteiger charge is -2.36. The Morgan fingerprint density at radius 1 is 0.375 bits per heavy atom. The standard InChI is InChI=1S/C40H32B2N2O4/c1-17-9-21(5)33-25(13-17)41-27-15-19(3)11-23(7)35(27)47-39-29(41)37(45-33)31-32(43-39)38-30-40(44-31)48-36-24(8)12-20(4)16-28(36)42(30)26-14-18(2)10-22(6)34(26)46-38/h9-16H,1-8H3. The van der Waals surface area contributed by atoms with E-state index in [4.69, 9.17) is 28.9 Å². The van der Waals surface area contributed by atoms with Crippen molar-refractivity contribution in [2.24, 2.45) is 0 Å². The van der Waals surface area contributed by atoms with Crippen LogP contribution in [0.25, 0.3) is 11.0 Å². The molecule has 0 aliphatic carbocycles. The zero-order valence-electron chi connectivity index (χ0n) is 28.3. The first kappa shape index (κ1) is 27.8. The average Bonchev–Trinajstić information content (AvgIpc) is 3.02. The second-order valence-electron chi connectivity index (χ2n) is 14.3. The molecule has 0 atom stereocenters. The van der Waals surface area contributed by atoms with Gasteiger partial charge in [0.15, 0.2) is 11.5 Å². The number of benzene rings is 4. The molecule has 0 spiro atoms. The molecule has 48 heavy (non-hydrogen) atoms. The number of nitrogens with zero attached hydrogens (tertiary/aromatic N) is 2. The summed E-state index contributed by atoms with van der Waals surface area (Å²) in [6, 6.07) is 17.6. The van der Waals surface area contributed by atoms with E-state index in [1.165, 1.54) is 22.3 Å². The highest BCUT2D eigenvalue weighted by atomic mass is 16.5. The summed E-state index contributed by atoms with van der Waals surface area (Å²) in [5.41, 5.74) is 16.5. The lowest BCUT2D eigenvalue weighted by atomic mass is 9.34. The van der Waals surface area contributed by atoms with Crippen LogP contribution >= 0.6 is 0 Å². The van der Waals surface area contributed by atoms with Crippen molar-refractivity contribution < 1.29 is 18.9 Å². The maximum atomic E-state index is 6.96. The highest BCUT2D eigenvalue weighted by Crippen LogP contribution is 2.45. The molecule has 0 radical (unpaired) electrons. The number of aromatic nitrogens is 2. The Bertz CT molecular complexity index is 2320. The minimum absolute atomic E-state index is 0.128. The van der Waals surface area contributed by atoms with Crippen LogP contribution in [0.3, 0.4) is 0 Å². The van der Waals surface area contributed by atoms with Crippen LogP contribution in [0.5, 0.6) is 46.3 Å². The molecule has 232 valence electrons. The van der Waals surface area contributed by atoms with Gasteiger partial charge >= 0.3 is 0 Å². The van der Waals surface area contributed by atoms with Crippen LogP contribution in [0, 0.1) is 55.4 Å². The molecule has 6 nitrogen and oxygen atoms in total. The number of hydrogen-bond acceptors (Lipinski definition) is 6. The van der Waals surface area contributed by atoms with Crippen molar-refractivity contribution in [2.45, 2.75) is 55.4 Å². The smallest absolute Gasteiger partial charge is 0.263 e. The van der Waals surface area contributed by atoms with Crippen LogP contribution in [0.2, 0.25) is 0 Å². The molecule has 10 rings (SSSR count). The molecule has 4 aliphatic rings. The van der Waals surface area contributed by atoms with Crippen LogP contribution < -0.4 is 51.7 Å². The average molecular weight is 626 g/mol. The minimum atomic E-state index is -0.128. The van der Waals surface area contributed by atoms with Crippen LogP contribution in [0.1, 0.15) is 44.5 Å².